The van der Waals surface area contributed by atoms with Crippen molar-refractivity contribution in [3.05, 3.63) is 23.2 Å². The molecule has 0 unspecified atom stereocenters. The lowest BCUT2D eigenvalue weighted by atomic mass is 9.98. The Labute approximate surface area is 130 Å². The first-order valence-corrected chi connectivity index (χ1v) is 8.65. The van der Waals surface area contributed by atoms with Gasteiger partial charge in [0.25, 0.3) is 10.0 Å². The first kappa shape index (κ1) is 14.9. The van der Waals surface area contributed by atoms with Crippen LogP contribution in [0.3, 0.4) is 0 Å². The van der Waals surface area contributed by atoms with E-state index in [1.807, 2.05) is 20.8 Å². The van der Waals surface area contributed by atoms with E-state index in [-0.39, 0.29) is 21.0 Å². The van der Waals surface area contributed by atoms with Gasteiger partial charge in [0.15, 0.2) is 5.52 Å². The lowest BCUT2D eigenvalue weighted by Gasteiger charge is -2.12. The quantitative estimate of drug-likeness (QED) is 0.778. The molecule has 0 aliphatic rings. The predicted octanol–water partition coefficient (Wildman–Crippen LogP) is 2.17. The molecule has 0 atom stereocenters. The summed E-state index contributed by atoms with van der Waals surface area (Å²) in [4.78, 5) is -0.0150. The summed E-state index contributed by atoms with van der Waals surface area (Å²) in [6.45, 7) is 5.94. The highest BCUT2D eigenvalue weighted by Crippen LogP contribution is 2.29. The van der Waals surface area contributed by atoms with Crippen LogP contribution in [0.15, 0.2) is 27.7 Å². The Morgan fingerprint density at radius 3 is 2.64 bits per heavy atom. The van der Waals surface area contributed by atoms with Crippen molar-refractivity contribution < 1.29 is 13.0 Å². The molecule has 1 N–H and O–H groups in total. The number of aromatic nitrogens is 4. The van der Waals surface area contributed by atoms with Crippen LogP contribution in [0.1, 0.15) is 25.8 Å². The molecule has 22 heavy (non-hydrogen) atoms. The van der Waals surface area contributed by atoms with Crippen molar-refractivity contribution in [2.75, 3.05) is 4.72 Å². The molecule has 3 rings (SSSR count). The van der Waals surface area contributed by atoms with E-state index in [9.17, 15) is 8.42 Å². The minimum atomic E-state index is -3.85. The van der Waals surface area contributed by atoms with Crippen LogP contribution in [-0.4, -0.2) is 28.9 Å². The highest BCUT2D eigenvalue weighted by atomic mass is 32.2. The third kappa shape index (κ3) is 2.66. The van der Waals surface area contributed by atoms with Gasteiger partial charge in [-0.1, -0.05) is 38.2 Å². The molecule has 0 amide bonds. The highest BCUT2D eigenvalue weighted by Gasteiger charge is 2.24. The molecule has 0 saturated heterocycles. The molecular weight excluding hydrogens is 326 g/mol. The Morgan fingerprint density at radius 1 is 1.18 bits per heavy atom. The van der Waals surface area contributed by atoms with Crippen molar-refractivity contribution in [3.63, 3.8) is 0 Å². The summed E-state index contributed by atoms with van der Waals surface area (Å²) < 4.78 is 32.0. The Kier molecular flexibility index (Phi) is 3.37. The second-order valence-corrected chi connectivity index (χ2v) is 8.28. The topological polar surface area (TPSA) is 111 Å². The van der Waals surface area contributed by atoms with E-state index in [1.54, 1.807) is 12.1 Å². The van der Waals surface area contributed by atoms with Crippen molar-refractivity contribution in [2.24, 2.45) is 0 Å². The van der Waals surface area contributed by atoms with Crippen LogP contribution in [0.4, 0.5) is 5.13 Å². The summed E-state index contributed by atoms with van der Waals surface area (Å²) >= 11 is 1.20. The number of sulfonamides is 1. The third-order valence-electron chi connectivity index (χ3n) is 2.83. The normalized spacial score (nSPS) is 12.7. The highest BCUT2D eigenvalue weighted by molar-refractivity contribution is 7.93. The molecule has 0 bridgehead atoms. The van der Waals surface area contributed by atoms with Gasteiger partial charge in [0.05, 0.1) is 0 Å². The molecule has 1 aromatic carbocycles. The molecule has 10 heteroatoms. The van der Waals surface area contributed by atoms with Gasteiger partial charge in [-0.05, 0) is 22.4 Å². The van der Waals surface area contributed by atoms with Gasteiger partial charge < -0.3 is 0 Å². The molecule has 116 valence electrons. The number of nitrogens with zero attached hydrogens (tertiary/aromatic N) is 4. The van der Waals surface area contributed by atoms with Crippen molar-refractivity contribution in [1.82, 2.24) is 20.5 Å². The van der Waals surface area contributed by atoms with Crippen LogP contribution in [0.25, 0.3) is 11.0 Å². The predicted molar refractivity (Wildman–Crippen MR) is 81.2 cm³/mol. The van der Waals surface area contributed by atoms with Crippen molar-refractivity contribution in [2.45, 2.75) is 31.1 Å². The summed E-state index contributed by atoms with van der Waals surface area (Å²) in [5.74, 6) is 0. The van der Waals surface area contributed by atoms with Gasteiger partial charge in [-0.15, -0.1) is 10.2 Å². The third-order valence-corrected chi connectivity index (χ3v) is 5.59. The maximum absolute atomic E-state index is 12.5. The summed E-state index contributed by atoms with van der Waals surface area (Å²) in [5.41, 5.74) is 0.350. The summed E-state index contributed by atoms with van der Waals surface area (Å²) in [6, 6.07) is 4.62. The van der Waals surface area contributed by atoms with Gasteiger partial charge in [-0.2, -0.15) is 0 Å². The van der Waals surface area contributed by atoms with Gasteiger partial charge in [0.2, 0.25) is 5.13 Å². The van der Waals surface area contributed by atoms with E-state index in [1.165, 1.54) is 17.4 Å². The number of fused-ring (bicyclic) bond motifs is 1. The molecule has 0 saturated carbocycles. The molecule has 2 heterocycles. The van der Waals surface area contributed by atoms with Gasteiger partial charge in [-0.25, -0.2) is 13.0 Å². The maximum Gasteiger partial charge on any atom is 0.266 e. The average Bonchev–Trinajstić information content (AvgIpc) is 3.04. The van der Waals surface area contributed by atoms with Crippen LogP contribution in [0.2, 0.25) is 0 Å². The van der Waals surface area contributed by atoms with E-state index < -0.39 is 10.0 Å². The molecule has 2 aromatic heterocycles. The maximum atomic E-state index is 12.5. The second-order valence-electron chi connectivity index (χ2n) is 5.66. The zero-order chi connectivity index (χ0) is 16.0. The fourth-order valence-electron chi connectivity index (χ4n) is 1.74. The van der Waals surface area contributed by atoms with Crippen molar-refractivity contribution >= 4 is 37.5 Å². The fourth-order valence-corrected chi connectivity index (χ4v) is 3.92. The second kappa shape index (κ2) is 4.99. The lowest BCUT2D eigenvalue weighted by Crippen LogP contribution is -2.13. The van der Waals surface area contributed by atoms with Crippen molar-refractivity contribution in [1.29, 1.82) is 0 Å². The number of hydrogen-bond acceptors (Lipinski definition) is 8. The summed E-state index contributed by atoms with van der Waals surface area (Å²) in [7, 11) is -3.85. The first-order valence-electron chi connectivity index (χ1n) is 6.35. The Morgan fingerprint density at radius 2 is 1.95 bits per heavy atom. The Balaban J connectivity index is 1.97. The van der Waals surface area contributed by atoms with E-state index in [4.69, 9.17) is 0 Å². The zero-order valence-electron chi connectivity index (χ0n) is 12.1. The standard InChI is InChI=1S/C12H13N5O3S2/c1-12(2,3)10-13-14-11(21-10)17-22(18,19)8-6-4-5-7-9(8)16-20-15-7/h4-6H,1-3H3,(H,14,17). The van der Waals surface area contributed by atoms with Gasteiger partial charge in [-0.3, -0.25) is 4.72 Å². The average molecular weight is 339 g/mol. The molecule has 0 radical (unpaired) electrons. The van der Waals surface area contributed by atoms with Gasteiger partial charge >= 0.3 is 0 Å². The zero-order valence-corrected chi connectivity index (χ0v) is 13.7. The molecule has 0 aliphatic heterocycles. The summed E-state index contributed by atoms with van der Waals surface area (Å²) in [5, 5.41) is 16.1. The monoisotopic (exact) mass is 339 g/mol. The molecule has 3 aromatic rings. The van der Waals surface area contributed by atoms with Gasteiger partial charge in [0, 0.05) is 5.41 Å². The summed E-state index contributed by atoms with van der Waals surface area (Å²) in [6.07, 6.45) is 0. The molecule has 0 spiro atoms. The molecule has 8 nitrogen and oxygen atoms in total. The van der Waals surface area contributed by atoms with Gasteiger partial charge in [0.1, 0.15) is 15.4 Å². The van der Waals surface area contributed by atoms with Crippen LogP contribution < -0.4 is 4.72 Å². The smallest absolute Gasteiger partial charge is 0.253 e. The minimum absolute atomic E-state index is 0.0150. The largest absolute Gasteiger partial charge is 0.266 e. The van der Waals surface area contributed by atoms with E-state index in [0.29, 0.717) is 5.52 Å². The first-order chi connectivity index (χ1) is 10.3. The SMILES string of the molecule is CC(C)(C)c1nnc(NS(=O)(=O)c2cccc3nonc23)s1. The number of benzene rings is 1. The van der Waals surface area contributed by atoms with E-state index >= 15 is 0 Å². The van der Waals surface area contributed by atoms with E-state index in [0.717, 1.165) is 5.01 Å². The van der Waals surface area contributed by atoms with Crippen LogP contribution in [0.5, 0.6) is 0 Å². The Bertz CT molecular complexity index is 924. The van der Waals surface area contributed by atoms with Crippen molar-refractivity contribution in [3.8, 4) is 0 Å². The number of anilines is 1. The molecule has 0 aliphatic carbocycles. The number of nitrogens with one attached hydrogen (secondary N) is 1. The number of hydrogen-bond donors (Lipinski definition) is 1. The minimum Gasteiger partial charge on any atom is -0.253 e. The van der Waals surface area contributed by atoms with Crippen LogP contribution >= 0.6 is 11.3 Å². The van der Waals surface area contributed by atoms with Crippen LogP contribution in [-0.2, 0) is 15.4 Å². The Hall–Kier alpha value is -2.07. The fraction of sp³-hybridized carbons (Fsp3) is 0.333. The number of rotatable bonds is 3. The lowest BCUT2D eigenvalue weighted by molar-refractivity contribution is 0.315. The van der Waals surface area contributed by atoms with E-state index in [2.05, 4.69) is 29.9 Å². The molecular formula is C12H13N5O3S2. The molecule has 0 fully saturated rings. The van der Waals surface area contributed by atoms with Crippen LogP contribution in [0, 0.1) is 0 Å².